The van der Waals surface area contributed by atoms with E-state index in [9.17, 15) is 24.6 Å². The first-order chi connectivity index (χ1) is 14.8. The molecule has 3 saturated heterocycles. The third-order valence-corrected chi connectivity index (χ3v) is 7.64. The highest BCUT2D eigenvalue weighted by Crippen LogP contribution is 2.64. The maximum atomic E-state index is 13.9. The molecule has 2 N–H and O–H groups in total. The summed E-state index contributed by atoms with van der Waals surface area (Å²) in [5.74, 6) is -3.57. The number of carboxylic acid groups (broad SMARTS) is 1. The summed E-state index contributed by atoms with van der Waals surface area (Å²) in [6.07, 6.45) is 5.29. The number of aliphatic hydroxyl groups excluding tert-OH is 1. The van der Waals surface area contributed by atoms with Gasteiger partial charge in [0.1, 0.15) is 17.6 Å². The van der Waals surface area contributed by atoms with E-state index < -0.39 is 41.1 Å². The highest BCUT2D eigenvalue weighted by atomic mass is 16.5. The summed E-state index contributed by atoms with van der Waals surface area (Å²) in [5, 5.41) is 20.1. The van der Waals surface area contributed by atoms with Crippen molar-refractivity contribution >= 4 is 17.8 Å². The number of likely N-dealkylation sites (tertiary alicyclic amines) is 1. The van der Waals surface area contributed by atoms with E-state index in [1.807, 2.05) is 20.8 Å². The average molecular weight is 437 g/mol. The van der Waals surface area contributed by atoms with Crippen molar-refractivity contribution in [3.8, 4) is 0 Å². The number of carboxylic acids is 1. The van der Waals surface area contributed by atoms with Crippen LogP contribution in [0.4, 0.5) is 0 Å². The van der Waals surface area contributed by atoms with Crippen molar-refractivity contribution in [1.29, 1.82) is 0 Å². The molecule has 6 atom stereocenters. The molecule has 3 aliphatic heterocycles. The van der Waals surface area contributed by atoms with Gasteiger partial charge in [-0.25, -0.2) is 0 Å². The van der Waals surface area contributed by atoms with Crippen LogP contribution in [0.1, 0.15) is 59.3 Å². The van der Waals surface area contributed by atoms with E-state index in [4.69, 9.17) is 4.74 Å². The second-order valence-electron chi connectivity index (χ2n) is 9.09. The van der Waals surface area contributed by atoms with Crippen molar-refractivity contribution in [2.75, 3.05) is 19.7 Å². The van der Waals surface area contributed by atoms with Crippen LogP contribution in [-0.4, -0.2) is 80.8 Å². The quantitative estimate of drug-likeness (QED) is 0.479. The predicted molar refractivity (Wildman–Crippen MR) is 114 cm³/mol. The Balaban J connectivity index is 2.11. The number of hydrogen-bond donors (Lipinski definition) is 2. The summed E-state index contributed by atoms with van der Waals surface area (Å²) in [4.78, 5) is 43.0. The second-order valence-corrected chi connectivity index (χ2v) is 9.09. The summed E-state index contributed by atoms with van der Waals surface area (Å²) in [6, 6.07) is -1.50. The highest BCUT2D eigenvalue weighted by Gasteiger charge is 2.79. The Morgan fingerprint density at radius 2 is 2.06 bits per heavy atom. The number of aliphatic hydroxyl groups is 1. The maximum Gasteiger partial charge on any atom is 0.310 e. The summed E-state index contributed by atoms with van der Waals surface area (Å²) in [7, 11) is 0. The topological polar surface area (TPSA) is 107 Å². The molecule has 0 radical (unpaired) electrons. The Labute approximate surface area is 184 Å². The number of unbranched alkanes of at least 4 members (excludes halogenated alkanes) is 1. The first-order valence-corrected chi connectivity index (χ1v) is 11.5. The molecule has 0 aromatic carbocycles. The zero-order valence-corrected chi connectivity index (χ0v) is 18.9. The number of carbonyl (C=O) groups is 3. The first kappa shape index (κ1) is 23.7. The first-order valence-electron chi connectivity index (χ1n) is 11.5. The van der Waals surface area contributed by atoms with Gasteiger partial charge >= 0.3 is 5.97 Å². The summed E-state index contributed by atoms with van der Waals surface area (Å²) < 4.78 is 6.50. The van der Waals surface area contributed by atoms with Crippen LogP contribution >= 0.6 is 0 Å². The fourth-order valence-corrected chi connectivity index (χ4v) is 6.09. The van der Waals surface area contributed by atoms with E-state index in [1.54, 1.807) is 11.0 Å². The van der Waals surface area contributed by atoms with Crippen molar-refractivity contribution in [2.45, 2.75) is 82.6 Å². The van der Waals surface area contributed by atoms with Crippen LogP contribution in [0.2, 0.25) is 0 Å². The fourth-order valence-electron chi connectivity index (χ4n) is 6.09. The summed E-state index contributed by atoms with van der Waals surface area (Å²) in [5.41, 5.74) is -2.09. The minimum atomic E-state index is -1.17. The minimum Gasteiger partial charge on any atom is -0.481 e. The van der Waals surface area contributed by atoms with Gasteiger partial charge in [0, 0.05) is 13.1 Å². The molecule has 0 saturated carbocycles. The SMILES string of the molecule is C=CCN(CCCC)C(=O)C1N([C@@H](CC)CO)C(=O)[C@@H]2[C@@H](C(=O)O)[C@@]3(CC)CCC12O3. The standard InChI is InChI=1S/C23H36N2O6/c1-5-9-13-24(12-6-2)20(28)18-23-11-10-22(8-4,31-23)17(21(29)30)16(23)19(27)25(18)15(7-3)14-26/h6,15-18,26H,2,5,7-14H2,1,3-4H3,(H,29,30)/t15-,16-,17-,18?,22+,23?/m0/s1. The normalized spacial score (nSPS) is 34.6. The van der Waals surface area contributed by atoms with Gasteiger partial charge in [-0.2, -0.15) is 0 Å². The molecule has 3 rings (SSSR count). The molecule has 3 fully saturated rings. The molecule has 8 heteroatoms. The Bertz CT molecular complexity index is 738. The van der Waals surface area contributed by atoms with Crippen molar-refractivity contribution in [3.05, 3.63) is 12.7 Å². The number of amides is 2. The zero-order chi connectivity index (χ0) is 23.0. The Kier molecular flexibility index (Phi) is 6.81. The largest absolute Gasteiger partial charge is 0.481 e. The molecule has 0 aromatic heterocycles. The van der Waals surface area contributed by atoms with Gasteiger partial charge in [0.05, 0.1) is 24.2 Å². The lowest BCUT2D eigenvalue weighted by atomic mass is 9.65. The van der Waals surface area contributed by atoms with Crippen molar-refractivity contribution in [1.82, 2.24) is 9.80 Å². The van der Waals surface area contributed by atoms with Crippen LogP contribution in [0, 0.1) is 11.8 Å². The average Bonchev–Trinajstić information content (AvgIpc) is 3.36. The van der Waals surface area contributed by atoms with Gasteiger partial charge in [0.25, 0.3) is 0 Å². The maximum absolute atomic E-state index is 13.9. The fraction of sp³-hybridized carbons (Fsp3) is 0.783. The molecule has 174 valence electrons. The third kappa shape index (κ3) is 3.39. The van der Waals surface area contributed by atoms with Crippen molar-refractivity contribution < 1.29 is 29.3 Å². The Hall–Kier alpha value is -1.93. The van der Waals surface area contributed by atoms with Crippen LogP contribution in [-0.2, 0) is 19.1 Å². The lowest BCUT2D eigenvalue weighted by Crippen LogP contribution is -2.59. The number of rotatable bonds is 11. The molecule has 2 unspecified atom stereocenters. The highest BCUT2D eigenvalue weighted by molar-refractivity contribution is 5.98. The monoisotopic (exact) mass is 436 g/mol. The molecule has 0 aromatic rings. The lowest BCUT2D eigenvalue weighted by Gasteiger charge is -2.39. The van der Waals surface area contributed by atoms with Crippen molar-refractivity contribution in [2.24, 2.45) is 11.8 Å². The van der Waals surface area contributed by atoms with Gasteiger partial charge in [0.2, 0.25) is 11.8 Å². The van der Waals surface area contributed by atoms with E-state index in [2.05, 4.69) is 6.58 Å². The van der Waals surface area contributed by atoms with Crippen molar-refractivity contribution in [3.63, 3.8) is 0 Å². The molecule has 31 heavy (non-hydrogen) atoms. The van der Waals surface area contributed by atoms with Gasteiger partial charge in [-0.05, 0) is 32.1 Å². The van der Waals surface area contributed by atoms with Gasteiger partial charge in [0.15, 0.2) is 0 Å². The van der Waals surface area contributed by atoms with Crippen LogP contribution < -0.4 is 0 Å². The number of hydrogen-bond acceptors (Lipinski definition) is 5. The number of nitrogens with zero attached hydrogens (tertiary/aromatic N) is 2. The van der Waals surface area contributed by atoms with Crippen LogP contribution in [0.3, 0.4) is 0 Å². The lowest BCUT2D eigenvalue weighted by molar-refractivity contribution is -0.160. The second kappa shape index (κ2) is 8.90. The Morgan fingerprint density at radius 3 is 2.58 bits per heavy atom. The minimum absolute atomic E-state index is 0.242. The molecular formula is C23H36N2O6. The summed E-state index contributed by atoms with van der Waals surface area (Å²) in [6.45, 7) is 10.1. The number of fused-ring (bicyclic) bond motifs is 1. The molecule has 3 heterocycles. The molecule has 1 spiro atoms. The summed E-state index contributed by atoms with van der Waals surface area (Å²) >= 11 is 0. The van der Waals surface area contributed by atoms with E-state index in [-0.39, 0.29) is 18.4 Å². The molecule has 3 aliphatic rings. The van der Waals surface area contributed by atoms with Crippen LogP contribution in [0.5, 0.6) is 0 Å². The molecular weight excluding hydrogens is 400 g/mol. The van der Waals surface area contributed by atoms with Crippen LogP contribution in [0.15, 0.2) is 12.7 Å². The van der Waals surface area contributed by atoms with Gasteiger partial charge < -0.3 is 24.7 Å². The molecule has 0 aliphatic carbocycles. The van der Waals surface area contributed by atoms with E-state index in [0.29, 0.717) is 38.8 Å². The number of aliphatic carboxylic acids is 1. The van der Waals surface area contributed by atoms with E-state index in [1.165, 1.54) is 4.90 Å². The van der Waals surface area contributed by atoms with E-state index in [0.717, 1.165) is 12.8 Å². The zero-order valence-electron chi connectivity index (χ0n) is 18.9. The Morgan fingerprint density at radius 1 is 1.35 bits per heavy atom. The number of carbonyl (C=O) groups excluding carboxylic acids is 2. The van der Waals surface area contributed by atoms with Gasteiger partial charge in [-0.1, -0.05) is 33.3 Å². The van der Waals surface area contributed by atoms with Crippen LogP contribution in [0.25, 0.3) is 0 Å². The number of ether oxygens (including phenoxy) is 1. The van der Waals surface area contributed by atoms with Gasteiger partial charge in [-0.15, -0.1) is 6.58 Å². The smallest absolute Gasteiger partial charge is 0.310 e. The molecule has 2 bridgehead atoms. The predicted octanol–water partition coefficient (Wildman–Crippen LogP) is 1.81. The van der Waals surface area contributed by atoms with E-state index >= 15 is 0 Å². The third-order valence-electron chi connectivity index (χ3n) is 7.64. The van der Waals surface area contributed by atoms with Gasteiger partial charge in [-0.3, -0.25) is 14.4 Å². The molecule has 2 amide bonds. The molecule has 8 nitrogen and oxygen atoms in total.